The summed E-state index contributed by atoms with van der Waals surface area (Å²) in [6, 6.07) is 11.3. The summed E-state index contributed by atoms with van der Waals surface area (Å²) in [7, 11) is 0. The van der Waals surface area contributed by atoms with Crippen LogP contribution in [0.15, 0.2) is 36.4 Å². The van der Waals surface area contributed by atoms with E-state index in [4.69, 9.17) is 4.74 Å². The Morgan fingerprint density at radius 1 is 1.10 bits per heavy atom. The number of carbonyl (C=O) groups excluding carboxylic acids is 1. The van der Waals surface area contributed by atoms with Crippen LogP contribution in [0, 0.1) is 17.7 Å². The van der Waals surface area contributed by atoms with E-state index in [2.05, 4.69) is 13.0 Å². The minimum atomic E-state index is -0.271. The number of hydrogen-bond donors (Lipinski definition) is 1. The van der Waals surface area contributed by atoms with Gasteiger partial charge in [0, 0.05) is 12.2 Å². The Balaban J connectivity index is 1.83. The monoisotopic (exact) mass is 412 g/mol. The second kappa shape index (κ2) is 10.2. The molecule has 1 N–H and O–H groups in total. The molecule has 0 saturated heterocycles. The first kappa shape index (κ1) is 22.5. The Hall–Kier alpha value is -2.20. The van der Waals surface area contributed by atoms with Gasteiger partial charge < -0.3 is 9.84 Å². The molecule has 30 heavy (non-hydrogen) atoms. The highest BCUT2D eigenvalue weighted by Crippen LogP contribution is 2.37. The van der Waals surface area contributed by atoms with Crippen molar-refractivity contribution in [3.8, 4) is 11.1 Å². The molecule has 2 aromatic carbocycles. The third kappa shape index (κ3) is 5.48. The van der Waals surface area contributed by atoms with Crippen molar-refractivity contribution in [2.24, 2.45) is 11.8 Å². The molecule has 0 unspecified atom stereocenters. The van der Waals surface area contributed by atoms with Gasteiger partial charge in [-0.1, -0.05) is 57.9 Å². The minimum absolute atomic E-state index is 0.00748. The molecular formula is C26H33FO3. The van der Waals surface area contributed by atoms with Gasteiger partial charge in [-0.05, 0) is 65.5 Å². The van der Waals surface area contributed by atoms with Crippen molar-refractivity contribution in [2.45, 2.75) is 65.4 Å². The highest BCUT2D eigenvalue weighted by Gasteiger charge is 2.21. The molecular weight excluding hydrogens is 379 g/mol. The van der Waals surface area contributed by atoms with Crippen molar-refractivity contribution in [2.75, 3.05) is 6.61 Å². The molecule has 0 aliphatic heterocycles. The van der Waals surface area contributed by atoms with E-state index in [-0.39, 0.29) is 30.9 Å². The highest BCUT2D eigenvalue weighted by molar-refractivity contribution is 5.71. The van der Waals surface area contributed by atoms with E-state index in [0.29, 0.717) is 17.9 Å². The smallest absolute Gasteiger partial charge is 0.308 e. The summed E-state index contributed by atoms with van der Waals surface area (Å²) in [4.78, 5) is 11.9. The van der Waals surface area contributed by atoms with Crippen molar-refractivity contribution in [1.29, 1.82) is 0 Å². The molecule has 1 saturated carbocycles. The van der Waals surface area contributed by atoms with E-state index >= 15 is 4.39 Å². The van der Waals surface area contributed by atoms with Crippen LogP contribution in [0.2, 0.25) is 0 Å². The Bertz CT molecular complexity index is 867. The summed E-state index contributed by atoms with van der Waals surface area (Å²) in [5.74, 6) is 0.523. The van der Waals surface area contributed by atoms with Gasteiger partial charge in [0.2, 0.25) is 0 Å². The molecule has 2 aromatic rings. The quantitative estimate of drug-likeness (QED) is 0.566. The van der Waals surface area contributed by atoms with Gasteiger partial charge in [-0.2, -0.15) is 0 Å². The minimum Gasteiger partial charge on any atom is -0.461 e. The maximum Gasteiger partial charge on any atom is 0.308 e. The fraction of sp³-hybridized carbons (Fsp3) is 0.500. The molecule has 0 bridgehead atoms. The van der Waals surface area contributed by atoms with Crippen LogP contribution in [-0.4, -0.2) is 17.7 Å². The van der Waals surface area contributed by atoms with E-state index in [0.717, 1.165) is 41.0 Å². The highest BCUT2D eigenvalue weighted by atomic mass is 19.1. The van der Waals surface area contributed by atoms with Crippen LogP contribution < -0.4 is 0 Å². The topological polar surface area (TPSA) is 46.5 Å². The van der Waals surface area contributed by atoms with E-state index < -0.39 is 0 Å². The molecule has 0 amide bonds. The summed E-state index contributed by atoms with van der Waals surface area (Å²) in [6.07, 6.45) is 5.14. The van der Waals surface area contributed by atoms with E-state index in [9.17, 15) is 9.90 Å². The van der Waals surface area contributed by atoms with Gasteiger partial charge in [-0.25, -0.2) is 4.39 Å². The molecule has 3 rings (SSSR count). The first-order valence-electron chi connectivity index (χ1n) is 11.1. The summed E-state index contributed by atoms with van der Waals surface area (Å²) in [6.45, 7) is 6.00. The first-order chi connectivity index (χ1) is 14.4. The summed E-state index contributed by atoms with van der Waals surface area (Å²) >= 11 is 0. The number of aliphatic hydroxyl groups is 1. The SMILES string of the molecule is CC1CCC(c2ccc(-c3ccc(CCO)c(COC(=O)C(C)C)c3)c(F)c2)CC1. The lowest BCUT2D eigenvalue weighted by molar-refractivity contribution is -0.148. The fourth-order valence-electron chi connectivity index (χ4n) is 4.22. The Labute approximate surface area is 179 Å². The fourth-order valence-corrected chi connectivity index (χ4v) is 4.22. The predicted octanol–water partition coefficient (Wildman–Crippen LogP) is 6.02. The molecule has 1 aliphatic carbocycles. The summed E-state index contributed by atoms with van der Waals surface area (Å²) < 4.78 is 20.4. The van der Waals surface area contributed by atoms with Crippen LogP contribution in [0.4, 0.5) is 4.39 Å². The molecule has 0 atom stereocenters. The number of carbonyl (C=O) groups is 1. The van der Waals surface area contributed by atoms with Gasteiger partial charge in [0.15, 0.2) is 0 Å². The number of hydrogen-bond acceptors (Lipinski definition) is 3. The van der Waals surface area contributed by atoms with Crippen LogP contribution in [0.25, 0.3) is 11.1 Å². The molecule has 4 heteroatoms. The Kier molecular flexibility index (Phi) is 7.65. The normalized spacial score (nSPS) is 19.1. The summed E-state index contributed by atoms with van der Waals surface area (Å²) in [5.41, 5.74) is 4.11. The summed E-state index contributed by atoms with van der Waals surface area (Å²) in [5, 5.41) is 9.34. The van der Waals surface area contributed by atoms with E-state index in [1.54, 1.807) is 19.9 Å². The number of esters is 1. The van der Waals surface area contributed by atoms with Gasteiger partial charge in [-0.3, -0.25) is 4.79 Å². The Morgan fingerprint density at radius 3 is 2.47 bits per heavy atom. The lowest BCUT2D eigenvalue weighted by atomic mass is 9.79. The second-order valence-electron chi connectivity index (χ2n) is 8.92. The third-order valence-electron chi connectivity index (χ3n) is 6.22. The molecule has 0 aromatic heterocycles. The van der Waals surface area contributed by atoms with Gasteiger partial charge in [0.05, 0.1) is 5.92 Å². The number of aliphatic hydroxyl groups excluding tert-OH is 1. The van der Waals surface area contributed by atoms with Crippen LogP contribution in [-0.2, 0) is 22.6 Å². The molecule has 0 spiro atoms. The lowest BCUT2D eigenvalue weighted by Gasteiger charge is -2.26. The third-order valence-corrected chi connectivity index (χ3v) is 6.22. The number of benzene rings is 2. The largest absolute Gasteiger partial charge is 0.461 e. The van der Waals surface area contributed by atoms with E-state index in [1.807, 2.05) is 24.3 Å². The zero-order valence-electron chi connectivity index (χ0n) is 18.3. The molecule has 1 fully saturated rings. The van der Waals surface area contributed by atoms with Crippen molar-refractivity contribution in [3.05, 3.63) is 58.9 Å². The Morgan fingerprint density at radius 2 is 1.83 bits per heavy atom. The average Bonchev–Trinajstić information content (AvgIpc) is 2.73. The standard InChI is InChI=1S/C26H33FO3/c1-17(2)26(29)30-16-23-14-22(9-8-20(23)12-13-28)24-11-10-21(15-25(24)27)19-6-4-18(3)5-7-19/h8-11,14-15,17-19,28H,4-7,12-13,16H2,1-3H3. The zero-order valence-corrected chi connectivity index (χ0v) is 18.3. The van der Waals surface area contributed by atoms with Crippen LogP contribution >= 0.6 is 0 Å². The predicted molar refractivity (Wildman–Crippen MR) is 118 cm³/mol. The number of rotatable bonds is 7. The number of halogens is 1. The van der Waals surface area contributed by atoms with E-state index in [1.165, 1.54) is 12.8 Å². The lowest BCUT2D eigenvalue weighted by Crippen LogP contribution is -2.12. The molecule has 162 valence electrons. The van der Waals surface area contributed by atoms with Crippen LogP contribution in [0.1, 0.15) is 69.1 Å². The second-order valence-corrected chi connectivity index (χ2v) is 8.92. The van der Waals surface area contributed by atoms with Gasteiger partial charge in [0.1, 0.15) is 12.4 Å². The van der Waals surface area contributed by atoms with Gasteiger partial charge >= 0.3 is 5.97 Å². The van der Waals surface area contributed by atoms with Crippen molar-refractivity contribution < 1.29 is 19.0 Å². The van der Waals surface area contributed by atoms with Gasteiger partial charge in [-0.15, -0.1) is 0 Å². The maximum absolute atomic E-state index is 15.0. The zero-order chi connectivity index (χ0) is 21.7. The number of ether oxygens (including phenoxy) is 1. The van der Waals surface area contributed by atoms with Crippen LogP contribution in [0.3, 0.4) is 0 Å². The van der Waals surface area contributed by atoms with Crippen molar-refractivity contribution in [3.63, 3.8) is 0 Å². The molecule has 3 nitrogen and oxygen atoms in total. The molecule has 0 radical (unpaired) electrons. The maximum atomic E-state index is 15.0. The molecule has 0 heterocycles. The average molecular weight is 413 g/mol. The first-order valence-corrected chi connectivity index (χ1v) is 11.1. The van der Waals surface area contributed by atoms with Crippen molar-refractivity contribution >= 4 is 5.97 Å². The molecule has 1 aliphatic rings. The van der Waals surface area contributed by atoms with Crippen LogP contribution in [0.5, 0.6) is 0 Å². The van der Waals surface area contributed by atoms with Crippen molar-refractivity contribution in [1.82, 2.24) is 0 Å². The van der Waals surface area contributed by atoms with Gasteiger partial charge in [0.25, 0.3) is 0 Å².